The highest BCUT2D eigenvalue weighted by Gasteiger charge is 2.41. The molecule has 1 N–H and O–H groups in total. The van der Waals surface area contributed by atoms with Gasteiger partial charge in [0.2, 0.25) is 0 Å². The predicted octanol–water partition coefficient (Wildman–Crippen LogP) is 4.95. The Hall–Kier alpha value is -2.66. The van der Waals surface area contributed by atoms with Gasteiger partial charge in [0, 0.05) is 29.8 Å². The van der Waals surface area contributed by atoms with Gasteiger partial charge < -0.3 is 14.8 Å². The molecule has 5 heteroatoms. The van der Waals surface area contributed by atoms with E-state index in [0.29, 0.717) is 0 Å². The minimum Gasteiger partial charge on any atom is -0.352 e. The third-order valence-corrected chi connectivity index (χ3v) is 5.73. The van der Waals surface area contributed by atoms with Gasteiger partial charge in [0.1, 0.15) is 0 Å². The summed E-state index contributed by atoms with van der Waals surface area (Å²) in [6.07, 6.45) is 4.10. The number of nitrogens with one attached hydrogen (secondary N) is 1. The fourth-order valence-corrected chi connectivity index (χ4v) is 4.35. The first-order chi connectivity index (χ1) is 13.7. The molecule has 0 radical (unpaired) electrons. The minimum atomic E-state index is 0.0299. The lowest BCUT2D eigenvalue weighted by Crippen LogP contribution is -2.31. The van der Waals surface area contributed by atoms with Crippen molar-refractivity contribution in [3.05, 3.63) is 83.9 Å². The summed E-state index contributed by atoms with van der Waals surface area (Å²) in [4.78, 5) is 6.98. The molecule has 1 aliphatic heterocycles. The van der Waals surface area contributed by atoms with Crippen LogP contribution in [0, 0.1) is 6.92 Å². The maximum absolute atomic E-state index is 5.75. The summed E-state index contributed by atoms with van der Waals surface area (Å²) < 4.78 is 2.34. The molecule has 0 aliphatic carbocycles. The van der Waals surface area contributed by atoms with E-state index >= 15 is 0 Å². The zero-order valence-electron chi connectivity index (χ0n) is 16.4. The van der Waals surface area contributed by atoms with E-state index in [1.165, 1.54) is 17.1 Å². The topological polar surface area (TPSA) is 33.1 Å². The molecule has 4 nitrogen and oxygen atoms in total. The number of aromatic nitrogens is 2. The second-order valence-corrected chi connectivity index (χ2v) is 7.63. The minimum absolute atomic E-state index is 0.0299. The molecular formula is C23H26N4S. The van der Waals surface area contributed by atoms with Crippen molar-refractivity contribution in [1.82, 2.24) is 19.8 Å². The SMILES string of the molecule is CCCCN1C(=S)N[C@H](c2ccccn2)[C@@H]1c1ccc(C)n1-c1ccccc1. The molecule has 1 aromatic carbocycles. The second kappa shape index (κ2) is 8.15. The summed E-state index contributed by atoms with van der Waals surface area (Å²) in [5, 5.41) is 4.36. The van der Waals surface area contributed by atoms with Gasteiger partial charge in [-0.25, -0.2) is 0 Å². The van der Waals surface area contributed by atoms with Crippen LogP contribution in [0.5, 0.6) is 0 Å². The summed E-state index contributed by atoms with van der Waals surface area (Å²) in [5.41, 5.74) is 4.65. The lowest BCUT2D eigenvalue weighted by molar-refractivity contribution is 0.304. The summed E-state index contributed by atoms with van der Waals surface area (Å²) in [5.74, 6) is 0. The van der Waals surface area contributed by atoms with Crippen molar-refractivity contribution < 1.29 is 0 Å². The van der Waals surface area contributed by atoms with Crippen molar-refractivity contribution in [1.29, 1.82) is 0 Å². The number of pyridine rings is 1. The number of rotatable bonds is 6. The maximum Gasteiger partial charge on any atom is 0.170 e. The zero-order valence-corrected chi connectivity index (χ0v) is 17.2. The summed E-state index contributed by atoms with van der Waals surface area (Å²) in [6, 6.07) is 21.2. The van der Waals surface area contributed by atoms with Crippen LogP contribution in [-0.2, 0) is 0 Å². The Morgan fingerprint density at radius 2 is 1.82 bits per heavy atom. The van der Waals surface area contributed by atoms with Crippen molar-refractivity contribution in [2.45, 2.75) is 38.8 Å². The highest BCUT2D eigenvalue weighted by molar-refractivity contribution is 7.80. The first-order valence-corrected chi connectivity index (χ1v) is 10.3. The molecule has 4 rings (SSSR count). The molecule has 1 aliphatic rings. The zero-order chi connectivity index (χ0) is 19.5. The molecule has 2 aromatic heterocycles. The summed E-state index contributed by atoms with van der Waals surface area (Å²) >= 11 is 5.75. The number of unbranched alkanes of at least 4 members (excludes halogenated alkanes) is 1. The first kappa shape index (κ1) is 18.7. The molecule has 0 saturated carbocycles. The van der Waals surface area contributed by atoms with Crippen LogP contribution in [0.15, 0.2) is 66.9 Å². The highest BCUT2D eigenvalue weighted by Crippen LogP contribution is 2.40. The monoisotopic (exact) mass is 390 g/mol. The number of aryl methyl sites for hydroxylation is 1. The van der Waals surface area contributed by atoms with Crippen LogP contribution in [0.4, 0.5) is 0 Å². The molecule has 0 unspecified atom stereocenters. The molecule has 1 fully saturated rings. The van der Waals surface area contributed by atoms with Gasteiger partial charge in [0.25, 0.3) is 0 Å². The van der Waals surface area contributed by atoms with Crippen LogP contribution < -0.4 is 5.32 Å². The Bertz CT molecular complexity index is 936. The third kappa shape index (κ3) is 3.42. The predicted molar refractivity (Wildman–Crippen MR) is 118 cm³/mol. The van der Waals surface area contributed by atoms with Crippen molar-refractivity contribution in [2.75, 3.05) is 6.54 Å². The number of para-hydroxylation sites is 1. The van der Waals surface area contributed by atoms with Crippen LogP contribution in [0.2, 0.25) is 0 Å². The van der Waals surface area contributed by atoms with Gasteiger partial charge in [-0.3, -0.25) is 4.98 Å². The van der Waals surface area contributed by atoms with Crippen molar-refractivity contribution in [3.63, 3.8) is 0 Å². The lowest BCUT2D eigenvalue weighted by Gasteiger charge is -2.29. The van der Waals surface area contributed by atoms with Crippen LogP contribution in [-0.4, -0.2) is 26.1 Å². The molecule has 0 bridgehead atoms. The Labute approximate surface area is 172 Å². The molecule has 1 saturated heterocycles. The van der Waals surface area contributed by atoms with Crippen LogP contribution in [0.3, 0.4) is 0 Å². The molecule has 3 heterocycles. The fraction of sp³-hybridized carbons (Fsp3) is 0.304. The Balaban J connectivity index is 1.82. The van der Waals surface area contributed by atoms with Crippen LogP contribution >= 0.6 is 12.2 Å². The van der Waals surface area contributed by atoms with Crippen LogP contribution in [0.1, 0.15) is 48.9 Å². The molecule has 144 valence electrons. The van der Waals surface area contributed by atoms with Gasteiger partial charge in [-0.15, -0.1) is 0 Å². The quantitative estimate of drug-likeness (QED) is 0.604. The normalized spacial score (nSPS) is 19.1. The van der Waals surface area contributed by atoms with E-state index in [-0.39, 0.29) is 12.1 Å². The van der Waals surface area contributed by atoms with Crippen molar-refractivity contribution >= 4 is 17.3 Å². The number of hydrogen-bond acceptors (Lipinski definition) is 2. The van der Waals surface area contributed by atoms with Gasteiger partial charge >= 0.3 is 0 Å². The Kier molecular flexibility index (Phi) is 5.44. The van der Waals surface area contributed by atoms with Crippen LogP contribution in [0.25, 0.3) is 5.69 Å². The van der Waals surface area contributed by atoms with E-state index in [1.54, 1.807) is 0 Å². The molecule has 0 amide bonds. The smallest absolute Gasteiger partial charge is 0.170 e. The van der Waals surface area contributed by atoms with Gasteiger partial charge in [0.15, 0.2) is 5.11 Å². The van der Waals surface area contributed by atoms with E-state index in [9.17, 15) is 0 Å². The lowest BCUT2D eigenvalue weighted by atomic mass is 10.0. The van der Waals surface area contributed by atoms with Gasteiger partial charge in [-0.05, 0) is 62.0 Å². The standard InChI is InChI=1S/C23H26N4S/c1-3-4-16-26-22(21(25-23(26)28)19-12-8-9-15-24-19)20-14-13-17(2)27(20)18-10-6-5-7-11-18/h5-15,21-22H,3-4,16H2,1-2H3,(H,25,28)/t21-,22+/m1/s1. The number of thiocarbonyl (C=S) groups is 1. The first-order valence-electron chi connectivity index (χ1n) is 9.92. The molecular weight excluding hydrogens is 364 g/mol. The molecule has 3 aromatic rings. The van der Waals surface area contributed by atoms with Crippen molar-refractivity contribution in [2.24, 2.45) is 0 Å². The fourth-order valence-electron chi connectivity index (χ4n) is 4.02. The van der Waals surface area contributed by atoms with Crippen molar-refractivity contribution in [3.8, 4) is 5.69 Å². The molecule has 28 heavy (non-hydrogen) atoms. The van der Waals surface area contributed by atoms with E-state index in [1.807, 2.05) is 18.3 Å². The average Bonchev–Trinajstić information content (AvgIpc) is 3.27. The number of benzene rings is 1. The van der Waals surface area contributed by atoms with Gasteiger partial charge in [-0.2, -0.15) is 0 Å². The average molecular weight is 391 g/mol. The molecule has 0 spiro atoms. The number of hydrogen-bond donors (Lipinski definition) is 1. The van der Waals surface area contributed by atoms with E-state index < -0.39 is 0 Å². The van der Waals surface area contributed by atoms with E-state index in [4.69, 9.17) is 12.2 Å². The Morgan fingerprint density at radius 3 is 2.54 bits per heavy atom. The van der Waals surface area contributed by atoms with Gasteiger partial charge in [-0.1, -0.05) is 37.6 Å². The van der Waals surface area contributed by atoms with E-state index in [0.717, 1.165) is 30.2 Å². The largest absolute Gasteiger partial charge is 0.352 e. The third-order valence-electron chi connectivity index (χ3n) is 5.37. The highest BCUT2D eigenvalue weighted by atomic mass is 32.1. The van der Waals surface area contributed by atoms with E-state index in [2.05, 4.69) is 82.1 Å². The summed E-state index contributed by atoms with van der Waals surface area (Å²) in [7, 11) is 0. The maximum atomic E-state index is 5.75. The molecule has 2 atom stereocenters. The number of nitrogens with zero attached hydrogens (tertiary/aromatic N) is 3. The Morgan fingerprint density at radius 1 is 1.04 bits per heavy atom. The second-order valence-electron chi connectivity index (χ2n) is 7.24. The van der Waals surface area contributed by atoms with Gasteiger partial charge in [0.05, 0.1) is 17.8 Å². The summed E-state index contributed by atoms with van der Waals surface area (Å²) in [6.45, 7) is 5.31.